The van der Waals surface area contributed by atoms with Gasteiger partial charge in [-0.1, -0.05) is 0 Å². The second-order valence-electron chi connectivity index (χ2n) is 3.11. The van der Waals surface area contributed by atoms with Gasteiger partial charge in [0.15, 0.2) is 0 Å². The van der Waals surface area contributed by atoms with E-state index in [9.17, 15) is 4.79 Å². The maximum atomic E-state index is 10.7. The Hall–Kier alpha value is -0.570. The third kappa shape index (κ3) is 2.50. The maximum absolute atomic E-state index is 10.7. The van der Waals surface area contributed by atoms with Crippen LogP contribution in [0.2, 0.25) is 0 Å². The Kier molecular flexibility index (Phi) is 2.88. The number of esters is 1. The average Bonchev–Trinajstić information content (AvgIpc) is 2.78. The normalized spacial score (nSPS) is 28.2. The van der Waals surface area contributed by atoms with E-state index in [1.807, 2.05) is 0 Å². The highest BCUT2D eigenvalue weighted by molar-refractivity contribution is 5.69. The summed E-state index contributed by atoms with van der Waals surface area (Å²) in [6, 6.07) is 0. The van der Waals surface area contributed by atoms with E-state index in [1.165, 1.54) is 13.5 Å². The van der Waals surface area contributed by atoms with E-state index < -0.39 is 0 Å². The molecule has 0 amide bonds. The smallest absolute Gasteiger partial charge is 0.305 e. The van der Waals surface area contributed by atoms with Crippen LogP contribution in [0.15, 0.2) is 0 Å². The van der Waals surface area contributed by atoms with Crippen molar-refractivity contribution in [2.75, 3.05) is 13.7 Å². The van der Waals surface area contributed by atoms with Gasteiger partial charge in [0.2, 0.25) is 0 Å². The molecule has 0 spiro atoms. The highest BCUT2D eigenvalue weighted by Crippen LogP contribution is 2.40. The molecule has 2 N–H and O–H groups in total. The van der Waals surface area contributed by atoms with Crippen molar-refractivity contribution in [1.29, 1.82) is 0 Å². The van der Waals surface area contributed by atoms with Gasteiger partial charge in [-0.15, -0.1) is 0 Å². The molecule has 3 nitrogen and oxygen atoms in total. The van der Waals surface area contributed by atoms with E-state index in [4.69, 9.17) is 5.73 Å². The molecule has 2 atom stereocenters. The van der Waals surface area contributed by atoms with E-state index in [-0.39, 0.29) is 5.97 Å². The van der Waals surface area contributed by atoms with Gasteiger partial charge in [-0.3, -0.25) is 4.79 Å². The van der Waals surface area contributed by atoms with Crippen LogP contribution in [-0.4, -0.2) is 19.6 Å². The summed E-state index contributed by atoms with van der Waals surface area (Å²) in [4.78, 5) is 10.7. The minimum atomic E-state index is -0.104. The van der Waals surface area contributed by atoms with E-state index in [2.05, 4.69) is 4.74 Å². The van der Waals surface area contributed by atoms with Gasteiger partial charge in [0.1, 0.15) is 0 Å². The van der Waals surface area contributed by atoms with Gasteiger partial charge in [-0.2, -0.15) is 0 Å². The largest absolute Gasteiger partial charge is 0.469 e. The molecule has 0 saturated heterocycles. The summed E-state index contributed by atoms with van der Waals surface area (Å²) >= 11 is 0. The first-order valence-corrected chi connectivity index (χ1v) is 4.04. The second-order valence-corrected chi connectivity index (χ2v) is 3.11. The first-order chi connectivity index (χ1) is 5.27. The van der Waals surface area contributed by atoms with E-state index in [0.29, 0.717) is 18.3 Å². The molecule has 0 aromatic rings. The zero-order valence-electron chi connectivity index (χ0n) is 6.88. The molecule has 1 aliphatic rings. The van der Waals surface area contributed by atoms with Crippen LogP contribution in [0.25, 0.3) is 0 Å². The predicted octanol–water partition coefficient (Wildman–Crippen LogP) is 0.534. The summed E-state index contributed by atoms with van der Waals surface area (Å²) in [5.74, 6) is 1.27. The molecule has 64 valence electrons. The van der Waals surface area contributed by atoms with Crippen LogP contribution >= 0.6 is 0 Å². The number of nitrogens with two attached hydrogens (primary N) is 1. The lowest BCUT2D eigenvalue weighted by Crippen LogP contribution is -2.04. The number of carbonyl (C=O) groups is 1. The lowest BCUT2D eigenvalue weighted by Gasteiger charge is -1.97. The van der Waals surface area contributed by atoms with E-state index in [0.717, 1.165) is 13.0 Å². The Morgan fingerprint density at radius 2 is 2.36 bits per heavy atom. The molecule has 0 aromatic carbocycles. The summed E-state index contributed by atoms with van der Waals surface area (Å²) in [7, 11) is 1.43. The van der Waals surface area contributed by atoms with Crippen LogP contribution in [0.3, 0.4) is 0 Å². The molecule has 1 fully saturated rings. The molecule has 3 heteroatoms. The molecule has 0 radical (unpaired) electrons. The van der Waals surface area contributed by atoms with E-state index in [1.54, 1.807) is 0 Å². The van der Waals surface area contributed by atoms with Crippen molar-refractivity contribution in [2.24, 2.45) is 17.6 Å². The summed E-state index contributed by atoms with van der Waals surface area (Å²) in [6.07, 6.45) is 2.71. The molecule has 0 bridgehead atoms. The number of hydrogen-bond donors (Lipinski definition) is 1. The van der Waals surface area contributed by atoms with Gasteiger partial charge in [-0.25, -0.2) is 0 Å². The third-order valence-corrected chi connectivity index (χ3v) is 2.32. The quantitative estimate of drug-likeness (QED) is 0.606. The molecule has 1 rings (SSSR count). The van der Waals surface area contributed by atoms with Crippen molar-refractivity contribution in [3.05, 3.63) is 0 Å². The zero-order chi connectivity index (χ0) is 8.27. The van der Waals surface area contributed by atoms with Gasteiger partial charge in [0.25, 0.3) is 0 Å². The number of carbonyl (C=O) groups excluding carboxylic acids is 1. The lowest BCUT2D eigenvalue weighted by molar-refractivity contribution is -0.140. The molecule has 0 aliphatic heterocycles. The van der Waals surface area contributed by atoms with Crippen LogP contribution in [0.1, 0.15) is 19.3 Å². The zero-order valence-corrected chi connectivity index (χ0v) is 6.88. The molecule has 0 heterocycles. The fourth-order valence-electron chi connectivity index (χ4n) is 1.36. The first-order valence-electron chi connectivity index (χ1n) is 4.04. The average molecular weight is 157 g/mol. The number of hydrogen-bond acceptors (Lipinski definition) is 3. The summed E-state index contributed by atoms with van der Waals surface area (Å²) in [5.41, 5.74) is 5.45. The minimum absolute atomic E-state index is 0.104. The highest BCUT2D eigenvalue weighted by Gasteiger charge is 2.35. The predicted molar refractivity (Wildman–Crippen MR) is 41.9 cm³/mol. The number of ether oxygens (including phenoxy) is 1. The third-order valence-electron chi connectivity index (χ3n) is 2.32. The Morgan fingerprint density at radius 3 is 2.82 bits per heavy atom. The summed E-state index contributed by atoms with van der Waals surface area (Å²) in [6.45, 7) is 0.770. The maximum Gasteiger partial charge on any atom is 0.305 e. The van der Waals surface area contributed by atoms with Crippen LogP contribution in [-0.2, 0) is 9.53 Å². The SMILES string of the molecule is COC(=O)CCC1CC1CN. The fraction of sp³-hybridized carbons (Fsp3) is 0.875. The number of rotatable bonds is 4. The molecule has 1 aliphatic carbocycles. The van der Waals surface area contributed by atoms with Gasteiger partial charge in [-0.05, 0) is 31.2 Å². The van der Waals surface area contributed by atoms with Crippen LogP contribution < -0.4 is 5.73 Å². The highest BCUT2D eigenvalue weighted by atomic mass is 16.5. The molecule has 2 unspecified atom stereocenters. The minimum Gasteiger partial charge on any atom is -0.469 e. The first kappa shape index (κ1) is 8.53. The Balaban J connectivity index is 2.01. The molecule has 11 heavy (non-hydrogen) atoms. The number of methoxy groups -OCH3 is 1. The van der Waals surface area contributed by atoms with Crippen molar-refractivity contribution in [1.82, 2.24) is 0 Å². The fourth-order valence-corrected chi connectivity index (χ4v) is 1.36. The monoisotopic (exact) mass is 157 g/mol. The van der Waals surface area contributed by atoms with Crippen LogP contribution in [0, 0.1) is 11.8 Å². The second kappa shape index (κ2) is 3.72. The molecular formula is C8H15NO2. The van der Waals surface area contributed by atoms with Crippen LogP contribution in [0.5, 0.6) is 0 Å². The van der Waals surface area contributed by atoms with Gasteiger partial charge < -0.3 is 10.5 Å². The molecular weight excluding hydrogens is 142 g/mol. The molecule has 1 saturated carbocycles. The van der Waals surface area contributed by atoms with E-state index >= 15 is 0 Å². The van der Waals surface area contributed by atoms with Crippen molar-refractivity contribution >= 4 is 5.97 Å². The van der Waals surface area contributed by atoms with Gasteiger partial charge in [0.05, 0.1) is 7.11 Å². The Labute approximate surface area is 66.9 Å². The van der Waals surface area contributed by atoms with Crippen LogP contribution in [0.4, 0.5) is 0 Å². The summed E-state index contributed by atoms with van der Waals surface area (Å²) < 4.78 is 4.53. The molecule has 0 aromatic heterocycles. The Bertz CT molecular complexity index is 147. The lowest BCUT2D eigenvalue weighted by atomic mass is 10.2. The van der Waals surface area contributed by atoms with Gasteiger partial charge >= 0.3 is 5.97 Å². The van der Waals surface area contributed by atoms with Crippen molar-refractivity contribution in [3.8, 4) is 0 Å². The Morgan fingerprint density at radius 1 is 1.64 bits per heavy atom. The van der Waals surface area contributed by atoms with Crippen molar-refractivity contribution in [2.45, 2.75) is 19.3 Å². The standard InChI is InChI=1S/C8H15NO2/c1-11-8(10)3-2-6-4-7(6)5-9/h6-7H,2-5,9H2,1H3. The van der Waals surface area contributed by atoms with Gasteiger partial charge in [0, 0.05) is 6.42 Å². The van der Waals surface area contributed by atoms with Crippen molar-refractivity contribution < 1.29 is 9.53 Å². The van der Waals surface area contributed by atoms with Crippen molar-refractivity contribution in [3.63, 3.8) is 0 Å². The topological polar surface area (TPSA) is 52.3 Å². The summed E-state index contributed by atoms with van der Waals surface area (Å²) in [5, 5.41) is 0.